The van der Waals surface area contributed by atoms with E-state index in [2.05, 4.69) is 70.7 Å². The molecule has 23 heavy (non-hydrogen) atoms. The van der Waals surface area contributed by atoms with Gasteiger partial charge in [-0.3, -0.25) is 4.90 Å². The fourth-order valence-electron chi connectivity index (χ4n) is 3.85. The highest BCUT2D eigenvalue weighted by Gasteiger charge is 2.23. The first-order valence-electron chi connectivity index (χ1n) is 9.41. The number of likely N-dealkylation sites (tertiary alicyclic amines) is 1. The van der Waals surface area contributed by atoms with E-state index < -0.39 is 0 Å². The molecule has 0 radical (unpaired) electrons. The van der Waals surface area contributed by atoms with Crippen molar-refractivity contribution in [2.24, 2.45) is 16.7 Å². The Kier molecular flexibility index (Phi) is 5.94. The van der Waals surface area contributed by atoms with Crippen molar-refractivity contribution in [3.05, 3.63) is 35.4 Å². The molecule has 1 heterocycles. The summed E-state index contributed by atoms with van der Waals surface area (Å²) in [6.07, 6.45) is 5.28. The van der Waals surface area contributed by atoms with Crippen LogP contribution in [0.5, 0.6) is 0 Å². The SMILES string of the molecule is CC(C)(C)Cc1ccc(CN2CCC(CC(C)(C)C)CC2)cc1. The van der Waals surface area contributed by atoms with Gasteiger partial charge in [-0.25, -0.2) is 0 Å². The molecule has 1 aliphatic heterocycles. The van der Waals surface area contributed by atoms with Gasteiger partial charge in [-0.05, 0) is 66.6 Å². The Morgan fingerprint density at radius 1 is 0.826 bits per heavy atom. The molecule has 1 heteroatoms. The van der Waals surface area contributed by atoms with Crippen molar-refractivity contribution in [1.82, 2.24) is 4.90 Å². The lowest BCUT2D eigenvalue weighted by molar-refractivity contribution is 0.147. The van der Waals surface area contributed by atoms with Crippen molar-refractivity contribution in [3.63, 3.8) is 0 Å². The Hall–Kier alpha value is -0.820. The zero-order valence-corrected chi connectivity index (χ0v) is 16.3. The lowest BCUT2D eigenvalue weighted by Gasteiger charge is -2.35. The minimum Gasteiger partial charge on any atom is -0.299 e. The molecule has 1 saturated heterocycles. The third-order valence-electron chi connectivity index (χ3n) is 4.77. The van der Waals surface area contributed by atoms with E-state index in [1.165, 1.54) is 43.5 Å². The van der Waals surface area contributed by atoms with E-state index in [1.54, 1.807) is 0 Å². The van der Waals surface area contributed by atoms with Crippen molar-refractivity contribution in [3.8, 4) is 0 Å². The average Bonchev–Trinajstić information content (AvgIpc) is 2.40. The summed E-state index contributed by atoms with van der Waals surface area (Å²) in [6, 6.07) is 9.32. The summed E-state index contributed by atoms with van der Waals surface area (Å²) in [4.78, 5) is 2.64. The topological polar surface area (TPSA) is 3.24 Å². The zero-order chi connectivity index (χ0) is 17.1. The van der Waals surface area contributed by atoms with Crippen LogP contribution < -0.4 is 0 Å². The van der Waals surface area contributed by atoms with Crippen LogP contribution in [0.1, 0.15) is 71.9 Å². The van der Waals surface area contributed by atoms with Crippen LogP contribution in [0.3, 0.4) is 0 Å². The monoisotopic (exact) mass is 315 g/mol. The molecule has 1 aliphatic rings. The second-order valence-corrected chi connectivity index (χ2v) is 10.0. The summed E-state index contributed by atoms with van der Waals surface area (Å²) < 4.78 is 0. The lowest BCUT2D eigenvalue weighted by atomic mass is 9.80. The molecule has 2 rings (SSSR count). The minimum atomic E-state index is 0.371. The van der Waals surface area contributed by atoms with Crippen LogP contribution in [-0.4, -0.2) is 18.0 Å². The summed E-state index contributed by atoms with van der Waals surface area (Å²) in [5.74, 6) is 0.931. The van der Waals surface area contributed by atoms with Gasteiger partial charge in [0.05, 0.1) is 0 Å². The molecule has 0 saturated carbocycles. The number of hydrogen-bond acceptors (Lipinski definition) is 1. The van der Waals surface area contributed by atoms with Crippen molar-refractivity contribution in [2.45, 2.75) is 73.8 Å². The van der Waals surface area contributed by atoms with Crippen LogP contribution in [0, 0.1) is 16.7 Å². The molecule has 0 spiro atoms. The summed E-state index contributed by atoms with van der Waals surface area (Å²) in [7, 11) is 0. The number of piperidine rings is 1. The summed E-state index contributed by atoms with van der Waals surface area (Å²) in [5.41, 5.74) is 3.79. The highest BCUT2D eigenvalue weighted by Crippen LogP contribution is 2.31. The smallest absolute Gasteiger partial charge is 0.0233 e. The average molecular weight is 316 g/mol. The van der Waals surface area contributed by atoms with Gasteiger partial charge in [0.15, 0.2) is 0 Å². The molecule has 1 fully saturated rings. The molecule has 1 aromatic rings. The van der Waals surface area contributed by atoms with Gasteiger partial charge in [-0.15, -0.1) is 0 Å². The lowest BCUT2D eigenvalue weighted by Crippen LogP contribution is -2.34. The van der Waals surface area contributed by atoms with Crippen LogP contribution >= 0.6 is 0 Å². The van der Waals surface area contributed by atoms with Gasteiger partial charge in [0.1, 0.15) is 0 Å². The molecule has 130 valence electrons. The van der Waals surface area contributed by atoms with Gasteiger partial charge in [0.2, 0.25) is 0 Å². The summed E-state index contributed by atoms with van der Waals surface area (Å²) >= 11 is 0. The Bertz CT molecular complexity index is 464. The van der Waals surface area contributed by atoms with E-state index >= 15 is 0 Å². The van der Waals surface area contributed by atoms with E-state index in [0.29, 0.717) is 10.8 Å². The molecule has 0 aromatic heterocycles. The molecule has 0 aliphatic carbocycles. The number of benzene rings is 1. The number of hydrogen-bond donors (Lipinski definition) is 0. The van der Waals surface area contributed by atoms with E-state index in [9.17, 15) is 0 Å². The Labute approximate surface area is 144 Å². The molecule has 1 aromatic carbocycles. The fourth-order valence-corrected chi connectivity index (χ4v) is 3.85. The van der Waals surface area contributed by atoms with Gasteiger partial charge >= 0.3 is 0 Å². The van der Waals surface area contributed by atoms with Gasteiger partial charge in [0, 0.05) is 6.54 Å². The fraction of sp³-hybridized carbons (Fsp3) is 0.727. The molecule has 0 bridgehead atoms. The quantitative estimate of drug-likeness (QED) is 0.666. The van der Waals surface area contributed by atoms with Crippen LogP contribution in [-0.2, 0) is 13.0 Å². The van der Waals surface area contributed by atoms with Gasteiger partial charge in [-0.1, -0.05) is 65.8 Å². The zero-order valence-electron chi connectivity index (χ0n) is 16.3. The van der Waals surface area contributed by atoms with E-state index in [4.69, 9.17) is 0 Å². The van der Waals surface area contributed by atoms with Crippen molar-refractivity contribution in [1.29, 1.82) is 0 Å². The maximum absolute atomic E-state index is 2.64. The van der Waals surface area contributed by atoms with Gasteiger partial charge < -0.3 is 0 Å². The molecule has 1 nitrogen and oxygen atoms in total. The standard InChI is InChI=1S/C22H37N/c1-21(2,3)15-18-7-9-20(10-8-18)17-23-13-11-19(12-14-23)16-22(4,5)6/h7-10,19H,11-17H2,1-6H3. The molecule has 0 unspecified atom stereocenters. The number of rotatable bonds is 4. The largest absolute Gasteiger partial charge is 0.299 e. The molecular weight excluding hydrogens is 278 g/mol. The first-order valence-corrected chi connectivity index (χ1v) is 9.41. The van der Waals surface area contributed by atoms with E-state index in [0.717, 1.165) is 18.9 Å². The van der Waals surface area contributed by atoms with Crippen LogP contribution in [0.4, 0.5) is 0 Å². The third-order valence-corrected chi connectivity index (χ3v) is 4.77. The van der Waals surface area contributed by atoms with E-state index in [-0.39, 0.29) is 0 Å². The Morgan fingerprint density at radius 3 is 1.83 bits per heavy atom. The highest BCUT2D eigenvalue weighted by molar-refractivity contribution is 5.23. The minimum absolute atomic E-state index is 0.371. The second-order valence-electron chi connectivity index (χ2n) is 10.0. The van der Waals surface area contributed by atoms with E-state index in [1.807, 2.05) is 0 Å². The second kappa shape index (κ2) is 7.38. The Balaban J connectivity index is 1.80. The third kappa shape index (κ3) is 7.08. The normalized spacial score (nSPS) is 18.3. The summed E-state index contributed by atoms with van der Waals surface area (Å²) in [6.45, 7) is 17.7. The predicted molar refractivity (Wildman–Crippen MR) is 102 cm³/mol. The van der Waals surface area contributed by atoms with Crippen LogP contribution in [0.25, 0.3) is 0 Å². The summed E-state index contributed by atoms with van der Waals surface area (Å²) in [5, 5.41) is 0. The maximum atomic E-state index is 2.64. The van der Waals surface area contributed by atoms with Crippen molar-refractivity contribution in [2.75, 3.05) is 13.1 Å². The first-order chi connectivity index (χ1) is 10.6. The molecular formula is C22H37N. The maximum Gasteiger partial charge on any atom is 0.0233 e. The number of nitrogens with zero attached hydrogens (tertiary/aromatic N) is 1. The van der Waals surface area contributed by atoms with Gasteiger partial charge in [-0.2, -0.15) is 0 Å². The first kappa shape index (κ1) is 18.5. The molecule has 0 N–H and O–H groups in total. The highest BCUT2D eigenvalue weighted by atomic mass is 15.1. The van der Waals surface area contributed by atoms with Crippen molar-refractivity contribution >= 4 is 0 Å². The van der Waals surface area contributed by atoms with Crippen LogP contribution in [0.2, 0.25) is 0 Å². The predicted octanol–water partition coefficient (Wildman–Crippen LogP) is 5.92. The van der Waals surface area contributed by atoms with Crippen LogP contribution in [0.15, 0.2) is 24.3 Å². The Morgan fingerprint density at radius 2 is 1.35 bits per heavy atom. The van der Waals surface area contributed by atoms with Crippen molar-refractivity contribution < 1.29 is 0 Å². The molecule has 0 amide bonds. The van der Waals surface area contributed by atoms with Gasteiger partial charge in [0.25, 0.3) is 0 Å². The molecule has 0 atom stereocenters.